The minimum Gasteiger partial charge on any atom is -0.385 e. The predicted molar refractivity (Wildman–Crippen MR) is 79.3 cm³/mol. The molecule has 1 atom stereocenters. The van der Waals surface area contributed by atoms with E-state index in [0.29, 0.717) is 25.3 Å². The summed E-state index contributed by atoms with van der Waals surface area (Å²) in [7, 11) is -2.04. The van der Waals surface area contributed by atoms with Crippen molar-refractivity contribution in [2.24, 2.45) is 0 Å². The van der Waals surface area contributed by atoms with Gasteiger partial charge in [0.2, 0.25) is 0 Å². The normalized spacial score (nSPS) is 13.2. The molecule has 0 spiro atoms. The molecule has 6 nitrogen and oxygen atoms in total. The van der Waals surface area contributed by atoms with Gasteiger partial charge in [0.25, 0.3) is 10.0 Å². The average Bonchev–Trinajstić information content (AvgIpc) is 2.42. The van der Waals surface area contributed by atoms with Crippen LogP contribution in [0.1, 0.15) is 26.7 Å². The second kappa shape index (κ2) is 8.18. The van der Waals surface area contributed by atoms with E-state index in [1.165, 1.54) is 6.20 Å². The first-order valence-electron chi connectivity index (χ1n) is 6.71. The summed E-state index contributed by atoms with van der Waals surface area (Å²) in [4.78, 5) is 3.99. The summed E-state index contributed by atoms with van der Waals surface area (Å²) in [6.07, 6.45) is 3.00. The number of sulfonamides is 1. The molecule has 1 heterocycles. The quantitative estimate of drug-likeness (QED) is 0.724. The molecule has 1 aromatic rings. The highest BCUT2D eigenvalue weighted by Crippen LogP contribution is 2.18. The molecule has 7 heteroatoms. The first kappa shape index (κ1) is 16.9. The first-order chi connectivity index (χ1) is 9.51. The van der Waals surface area contributed by atoms with Crippen LogP contribution in [0.25, 0.3) is 0 Å². The van der Waals surface area contributed by atoms with Gasteiger partial charge < -0.3 is 10.1 Å². The summed E-state index contributed by atoms with van der Waals surface area (Å²) in [5, 5.41) is 3.12. The lowest BCUT2D eigenvalue weighted by atomic mass is 10.3. The van der Waals surface area contributed by atoms with Crippen LogP contribution in [0, 0.1) is 0 Å². The lowest BCUT2D eigenvalue weighted by molar-refractivity contribution is 0.188. The van der Waals surface area contributed by atoms with E-state index in [4.69, 9.17) is 4.74 Å². The molecule has 0 radical (unpaired) electrons. The molecule has 0 fully saturated rings. The van der Waals surface area contributed by atoms with Crippen LogP contribution in [-0.2, 0) is 14.8 Å². The van der Waals surface area contributed by atoms with E-state index < -0.39 is 10.0 Å². The fourth-order valence-corrected chi connectivity index (χ4v) is 3.06. The smallest absolute Gasteiger partial charge is 0.260 e. The van der Waals surface area contributed by atoms with Crippen LogP contribution >= 0.6 is 0 Å². The summed E-state index contributed by atoms with van der Waals surface area (Å²) in [5.41, 5.74) is 0.529. The second-order valence-electron chi connectivity index (χ2n) is 4.59. The van der Waals surface area contributed by atoms with Gasteiger partial charge in [0.15, 0.2) is 5.03 Å². The number of ether oxygens (including phenoxy) is 1. The van der Waals surface area contributed by atoms with Gasteiger partial charge in [-0.3, -0.25) is 0 Å². The minimum absolute atomic E-state index is 0.0396. The van der Waals surface area contributed by atoms with Crippen molar-refractivity contribution in [3.63, 3.8) is 0 Å². The van der Waals surface area contributed by atoms with E-state index in [0.717, 1.165) is 6.42 Å². The highest BCUT2D eigenvalue weighted by molar-refractivity contribution is 7.89. The van der Waals surface area contributed by atoms with Crippen molar-refractivity contribution in [3.05, 3.63) is 18.3 Å². The number of hydrogen-bond donors (Lipinski definition) is 2. The maximum absolute atomic E-state index is 12.3. The molecular weight excluding hydrogens is 278 g/mol. The van der Waals surface area contributed by atoms with Crippen molar-refractivity contribution in [2.45, 2.75) is 37.8 Å². The van der Waals surface area contributed by atoms with Gasteiger partial charge >= 0.3 is 0 Å². The number of nitrogens with zero attached hydrogens (tertiary/aromatic N) is 1. The monoisotopic (exact) mass is 301 g/mol. The standard InChI is InChI=1S/C13H23N3O3S/c1-4-8-14-12-6-5-9-15-13(12)20(17,18)16-11(2)7-10-19-3/h5-6,9,11,14,16H,4,7-8,10H2,1-3H3. The highest BCUT2D eigenvalue weighted by atomic mass is 32.2. The third kappa shape index (κ3) is 5.07. The largest absolute Gasteiger partial charge is 0.385 e. The molecule has 0 saturated heterocycles. The Balaban J connectivity index is 2.86. The van der Waals surface area contributed by atoms with Crippen molar-refractivity contribution >= 4 is 15.7 Å². The summed E-state index contributed by atoms with van der Waals surface area (Å²) < 4.78 is 32.2. The third-order valence-corrected chi connectivity index (χ3v) is 4.25. The molecule has 20 heavy (non-hydrogen) atoms. The predicted octanol–water partition coefficient (Wildman–Crippen LogP) is 1.61. The molecule has 114 valence electrons. The zero-order valence-electron chi connectivity index (χ0n) is 12.2. The fourth-order valence-electron chi connectivity index (χ4n) is 1.67. The maximum atomic E-state index is 12.3. The summed E-state index contributed by atoms with van der Waals surface area (Å²) >= 11 is 0. The Bertz CT molecular complexity index is 505. The van der Waals surface area contributed by atoms with Gasteiger partial charge in [-0.05, 0) is 31.9 Å². The van der Waals surface area contributed by atoms with Gasteiger partial charge in [-0.2, -0.15) is 0 Å². The molecule has 0 saturated carbocycles. The Morgan fingerprint density at radius 3 is 2.85 bits per heavy atom. The second-order valence-corrected chi connectivity index (χ2v) is 6.22. The third-order valence-electron chi connectivity index (χ3n) is 2.70. The Morgan fingerprint density at radius 1 is 1.45 bits per heavy atom. The number of aromatic nitrogens is 1. The zero-order valence-corrected chi connectivity index (χ0v) is 13.0. The number of pyridine rings is 1. The van der Waals surface area contributed by atoms with Crippen LogP contribution in [-0.4, -0.2) is 39.7 Å². The van der Waals surface area contributed by atoms with Crippen LogP contribution in [0.5, 0.6) is 0 Å². The lowest BCUT2D eigenvalue weighted by Crippen LogP contribution is -2.34. The van der Waals surface area contributed by atoms with Crippen LogP contribution < -0.4 is 10.0 Å². The molecule has 0 bridgehead atoms. The highest BCUT2D eigenvalue weighted by Gasteiger charge is 2.22. The molecule has 0 aliphatic rings. The van der Waals surface area contributed by atoms with Crippen molar-refractivity contribution in [1.29, 1.82) is 0 Å². The number of hydrogen-bond acceptors (Lipinski definition) is 5. The number of anilines is 1. The molecule has 2 N–H and O–H groups in total. The maximum Gasteiger partial charge on any atom is 0.260 e. The van der Waals surface area contributed by atoms with E-state index in [2.05, 4.69) is 15.0 Å². The van der Waals surface area contributed by atoms with E-state index in [1.807, 2.05) is 6.92 Å². The zero-order chi connectivity index (χ0) is 15.0. The van der Waals surface area contributed by atoms with Crippen LogP contribution in [0.4, 0.5) is 5.69 Å². The van der Waals surface area contributed by atoms with Gasteiger partial charge in [-0.25, -0.2) is 18.1 Å². The van der Waals surface area contributed by atoms with Gasteiger partial charge in [-0.15, -0.1) is 0 Å². The van der Waals surface area contributed by atoms with Gasteiger partial charge in [0.05, 0.1) is 5.69 Å². The molecule has 0 amide bonds. The number of rotatable bonds is 9. The molecule has 0 aliphatic carbocycles. The Hall–Kier alpha value is -1.18. The Labute approximate surface area is 121 Å². The van der Waals surface area contributed by atoms with Crippen molar-refractivity contribution in [2.75, 3.05) is 25.6 Å². The number of methoxy groups -OCH3 is 1. The minimum atomic E-state index is -3.63. The van der Waals surface area contributed by atoms with Gasteiger partial charge in [0, 0.05) is 32.5 Å². The molecular formula is C13H23N3O3S. The van der Waals surface area contributed by atoms with E-state index in [-0.39, 0.29) is 11.1 Å². The van der Waals surface area contributed by atoms with Gasteiger partial charge in [0.1, 0.15) is 0 Å². The number of nitrogens with one attached hydrogen (secondary N) is 2. The van der Waals surface area contributed by atoms with Crippen LogP contribution in [0.2, 0.25) is 0 Å². The summed E-state index contributed by atoms with van der Waals surface area (Å²) in [5.74, 6) is 0. The Kier molecular flexibility index (Phi) is 6.90. The molecule has 1 rings (SSSR count). The van der Waals surface area contributed by atoms with Crippen LogP contribution in [0.15, 0.2) is 23.4 Å². The molecule has 0 aromatic carbocycles. The Morgan fingerprint density at radius 2 is 2.20 bits per heavy atom. The van der Waals surface area contributed by atoms with E-state index in [9.17, 15) is 8.42 Å². The molecule has 0 aliphatic heterocycles. The van der Waals surface area contributed by atoms with Crippen molar-refractivity contribution < 1.29 is 13.2 Å². The average molecular weight is 301 g/mol. The first-order valence-corrected chi connectivity index (χ1v) is 8.19. The molecule has 1 aromatic heterocycles. The summed E-state index contributed by atoms with van der Waals surface area (Å²) in [6.45, 7) is 5.03. The topological polar surface area (TPSA) is 80.3 Å². The SMILES string of the molecule is CCCNc1cccnc1S(=O)(=O)NC(C)CCOC. The van der Waals surface area contributed by atoms with Crippen LogP contribution in [0.3, 0.4) is 0 Å². The van der Waals surface area contributed by atoms with E-state index >= 15 is 0 Å². The lowest BCUT2D eigenvalue weighted by Gasteiger charge is -2.15. The van der Waals surface area contributed by atoms with E-state index in [1.54, 1.807) is 26.2 Å². The molecule has 1 unspecified atom stereocenters. The van der Waals surface area contributed by atoms with Crippen molar-refractivity contribution in [3.8, 4) is 0 Å². The van der Waals surface area contributed by atoms with Crippen molar-refractivity contribution in [1.82, 2.24) is 9.71 Å². The van der Waals surface area contributed by atoms with Gasteiger partial charge in [-0.1, -0.05) is 6.92 Å². The fraction of sp³-hybridized carbons (Fsp3) is 0.615. The summed E-state index contributed by atoms with van der Waals surface area (Å²) in [6, 6.07) is 3.23.